The number of hydrogen-bond donors (Lipinski definition) is 0. The van der Waals surface area contributed by atoms with Gasteiger partial charge in [-0.25, -0.2) is 4.39 Å². The molecule has 21 heavy (non-hydrogen) atoms. The Morgan fingerprint density at radius 1 is 1.24 bits per heavy atom. The van der Waals surface area contributed by atoms with Crippen LogP contribution in [-0.4, -0.2) is 17.4 Å². The Balaban J connectivity index is 1.86. The minimum atomic E-state index is -0.286. The fourth-order valence-corrected chi connectivity index (χ4v) is 3.32. The normalized spacial score (nSPS) is 14.2. The molecule has 0 radical (unpaired) electrons. The van der Waals surface area contributed by atoms with E-state index in [1.54, 1.807) is 17.0 Å². The summed E-state index contributed by atoms with van der Waals surface area (Å²) >= 11 is 5.44. The fraction of sp³-hybridized carbons (Fsp3) is 0.188. The van der Waals surface area contributed by atoms with Crippen LogP contribution in [0.25, 0.3) is 0 Å². The summed E-state index contributed by atoms with van der Waals surface area (Å²) in [6.45, 7) is 0.935. The number of halogens is 3. The van der Waals surface area contributed by atoms with E-state index in [1.165, 1.54) is 6.07 Å². The molecule has 108 valence electrons. The van der Waals surface area contributed by atoms with Gasteiger partial charge >= 0.3 is 0 Å². The van der Waals surface area contributed by atoms with Crippen molar-refractivity contribution in [2.75, 3.05) is 6.54 Å². The molecule has 0 saturated carbocycles. The third-order valence-corrected chi connectivity index (χ3v) is 4.78. The summed E-state index contributed by atoms with van der Waals surface area (Å²) in [4.78, 5) is 14.3. The summed E-state index contributed by atoms with van der Waals surface area (Å²) in [5.74, 6) is -0.303. The summed E-state index contributed by atoms with van der Waals surface area (Å²) in [6, 6.07) is 10.9. The lowest BCUT2D eigenvalue weighted by atomic mass is 9.98. The van der Waals surface area contributed by atoms with Crippen molar-refractivity contribution in [3.05, 3.63) is 66.9 Å². The van der Waals surface area contributed by atoms with Gasteiger partial charge in [0.05, 0.1) is 0 Å². The quantitative estimate of drug-likeness (QED) is 0.610. The molecular weight excluding hydrogens is 448 g/mol. The molecule has 0 saturated heterocycles. The number of nitrogens with zero attached hydrogens (tertiary/aromatic N) is 1. The van der Waals surface area contributed by atoms with Gasteiger partial charge in [0.15, 0.2) is 0 Å². The van der Waals surface area contributed by atoms with E-state index >= 15 is 0 Å². The third kappa shape index (κ3) is 3.13. The standard InChI is InChI=1S/C16H12BrFINO/c17-12-3-1-11(15(18)7-12)9-20-6-5-10-2-4-13(19)8-14(10)16(20)21/h1-4,7-8H,5-6,9H2. The first kappa shape index (κ1) is 15.0. The van der Waals surface area contributed by atoms with Gasteiger partial charge in [-0.05, 0) is 58.8 Å². The average Bonchev–Trinajstić information content (AvgIpc) is 2.45. The summed E-state index contributed by atoms with van der Waals surface area (Å²) in [7, 11) is 0. The molecule has 1 amide bonds. The molecular formula is C16H12BrFINO. The number of fused-ring (bicyclic) bond motifs is 1. The smallest absolute Gasteiger partial charge is 0.254 e. The zero-order chi connectivity index (χ0) is 15.0. The van der Waals surface area contributed by atoms with Crippen LogP contribution in [0.2, 0.25) is 0 Å². The van der Waals surface area contributed by atoms with Crippen LogP contribution < -0.4 is 0 Å². The number of hydrogen-bond acceptors (Lipinski definition) is 1. The van der Waals surface area contributed by atoms with Crippen molar-refractivity contribution in [2.45, 2.75) is 13.0 Å². The zero-order valence-corrected chi connectivity index (χ0v) is 14.8. The molecule has 0 unspecified atom stereocenters. The van der Waals surface area contributed by atoms with Crippen molar-refractivity contribution < 1.29 is 9.18 Å². The predicted octanol–water partition coefficient (Wildman–Crippen LogP) is 4.39. The van der Waals surface area contributed by atoms with Gasteiger partial charge in [0.2, 0.25) is 0 Å². The first-order valence-corrected chi connectivity index (χ1v) is 8.43. The lowest BCUT2D eigenvalue weighted by Gasteiger charge is -2.29. The SMILES string of the molecule is O=C1c2cc(I)ccc2CCN1Cc1ccc(Br)cc1F. The van der Waals surface area contributed by atoms with Gasteiger partial charge in [0, 0.05) is 32.3 Å². The molecule has 0 aliphatic carbocycles. The van der Waals surface area contributed by atoms with E-state index < -0.39 is 0 Å². The summed E-state index contributed by atoms with van der Waals surface area (Å²) in [5.41, 5.74) is 2.36. The van der Waals surface area contributed by atoms with E-state index in [9.17, 15) is 9.18 Å². The maximum absolute atomic E-state index is 13.9. The maximum atomic E-state index is 13.9. The molecule has 5 heteroatoms. The van der Waals surface area contributed by atoms with E-state index in [4.69, 9.17) is 0 Å². The van der Waals surface area contributed by atoms with Crippen molar-refractivity contribution in [3.8, 4) is 0 Å². The Morgan fingerprint density at radius 2 is 2.05 bits per heavy atom. The number of carbonyl (C=O) groups is 1. The highest BCUT2D eigenvalue weighted by Gasteiger charge is 2.25. The number of benzene rings is 2. The van der Waals surface area contributed by atoms with Crippen molar-refractivity contribution >= 4 is 44.4 Å². The highest BCUT2D eigenvalue weighted by molar-refractivity contribution is 14.1. The van der Waals surface area contributed by atoms with Crippen LogP contribution in [-0.2, 0) is 13.0 Å². The van der Waals surface area contributed by atoms with Crippen LogP contribution in [0.5, 0.6) is 0 Å². The van der Waals surface area contributed by atoms with Crippen molar-refractivity contribution in [1.82, 2.24) is 4.90 Å². The molecule has 0 bridgehead atoms. The average molecular weight is 460 g/mol. The lowest BCUT2D eigenvalue weighted by molar-refractivity contribution is 0.0725. The van der Waals surface area contributed by atoms with E-state index in [-0.39, 0.29) is 11.7 Å². The van der Waals surface area contributed by atoms with Crippen LogP contribution in [0.4, 0.5) is 4.39 Å². The number of carbonyl (C=O) groups excluding carboxylic acids is 1. The molecule has 2 aromatic carbocycles. The second kappa shape index (κ2) is 6.04. The highest BCUT2D eigenvalue weighted by Crippen LogP contribution is 2.24. The molecule has 2 aromatic rings. The fourth-order valence-electron chi connectivity index (χ4n) is 2.50. The molecule has 3 rings (SSSR count). The molecule has 2 nitrogen and oxygen atoms in total. The van der Waals surface area contributed by atoms with Gasteiger partial charge in [-0.3, -0.25) is 4.79 Å². The largest absolute Gasteiger partial charge is 0.334 e. The Hall–Kier alpha value is -0.950. The minimum absolute atomic E-state index is 0.0166. The third-order valence-electron chi connectivity index (χ3n) is 3.62. The topological polar surface area (TPSA) is 20.3 Å². The molecule has 1 aliphatic rings. The van der Waals surface area contributed by atoms with E-state index in [1.807, 2.05) is 18.2 Å². The Kier molecular flexibility index (Phi) is 4.31. The van der Waals surface area contributed by atoms with Crippen molar-refractivity contribution in [2.24, 2.45) is 0 Å². The summed E-state index contributed by atoms with van der Waals surface area (Å²) in [6.07, 6.45) is 0.816. The lowest BCUT2D eigenvalue weighted by Crippen LogP contribution is -2.37. The molecule has 0 aromatic heterocycles. The van der Waals surface area contributed by atoms with Crippen LogP contribution in [0.3, 0.4) is 0 Å². The van der Waals surface area contributed by atoms with Gasteiger partial charge in [0.1, 0.15) is 5.82 Å². The Labute approximate surface area is 144 Å². The van der Waals surface area contributed by atoms with Gasteiger partial charge in [-0.15, -0.1) is 0 Å². The molecule has 0 N–H and O–H groups in total. The maximum Gasteiger partial charge on any atom is 0.254 e. The Morgan fingerprint density at radius 3 is 2.81 bits per heavy atom. The van der Waals surface area contributed by atoms with E-state index in [0.29, 0.717) is 23.1 Å². The minimum Gasteiger partial charge on any atom is -0.334 e. The first-order valence-electron chi connectivity index (χ1n) is 6.56. The van der Waals surface area contributed by atoms with Gasteiger partial charge in [-0.1, -0.05) is 28.1 Å². The molecule has 1 heterocycles. The monoisotopic (exact) mass is 459 g/mol. The number of amides is 1. The van der Waals surface area contributed by atoms with Gasteiger partial charge < -0.3 is 4.90 Å². The highest BCUT2D eigenvalue weighted by atomic mass is 127. The second-order valence-corrected chi connectivity index (χ2v) is 7.18. The molecule has 0 atom stereocenters. The first-order chi connectivity index (χ1) is 10.0. The van der Waals surface area contributed by atoms with Crippen LogP contribution in [0, 0.1) is 9.39 Å². The van der Waals surface area contributed by atoms with Gasteiger partial charge in [-0.2, -0.15) is 0 Å². The van der Waals surface area contributed by atoms with Crippen molar-refractivity contribution in [1.29, 1.82) is 0 Å². The van der Waals surface area contributed by atoms with Crippen LogP contribution in [0.15, 0.2) is 40.9 Å². The number of rotatable bonds is 2. The van der Waals surface area contributed by atoms with E-state index in [2.05, 4.69) is 38.5 Å². The predicted molar refractivity (Wildman–Crippen MR) is 91.7 cm³/mol. The second-order valence-electron chi connectivity index (χ2n) is 5.01. The van der Waals surface area contributed by atoms with Crippen molar-refractivity contribution in [3.63, 3.8) is 0 Å². The summed E-state index contributed by atoms with van der Waals surface area (Å²) < 4.78 is 15.7. The molecule has 0 spiro atoms. The zero-order valence-electron chi connectivity index (χ0n) is 11.1. The van der Waals surface area contributed by atoms with Gasteiger partial charge in [0.25, 0.3) is 5.91 Å². The summed E-state index contributed by atoms with van der Waals surface area (Å²) in [5, 5.41) is 0. The molecule has 0 fully saturated rings. The van der Waals surface area contributed by atoms with Crippen LogP contribution in [0.1, 0.15) is 21.5 Å². The Bertz CT molecular complexity index is 719. The molecule has 1 aliphatic heterocycles. The van der Waals surface area contributed by atoms with Crippen LogP contribution >= 0.6 is 38.5 Å². The van der Waals surface area contributed by atoms with E-state index in [0.717, 1.165) is 21.1 Å².